The third-order valence-corrected chi connectivity index (χ3v) is 2.38. The molecule has 0 amide bonds. The molecule has 0 radical (unpaired) electrons. The molecule has 2 N–H and O–H groups in total. The molecule has 1 aromatic heterocycles. The zero-order chi connectivity index (χ0) is 13.0. The van der Waals surface area contributed by atoms with Gasteiger partial charge >= 0.3 is 5.97 Å². The Bertz CT molecular complexity index is 587. The standard InChI is InChI=1S/C13H15N3O2/c1-3-18-13(17)6-9(2)16-10-4-5-11-12(7-10)15-8-14-11/h4-8,16H,3H2,1-2H3,(H,14,15)/b9-6+. The second-order valence-corrected chi connectivity index (χ2v) is 3.84. The van der Waals surface area contributed by atoms with Crippen molar-refractivity contribution in [2.45, 2.75) is 13.8 Å². The van der Waals surface area contributed by atoms with Gasteiger partial charge in [-0.15, -0.1) is 0 Å². The third kappa shape index (κ3) is 2.88. The van der Waals surface area contributed by atoms with Crippen LogP contribution in [0.15, 0.2) is 36.3 Å². The molecule has 94 valence electrons. The number of H-pyrrole nitrogens is 1. The van der Waals surface area contributed by atoms with Crippen LogP contribution in [0.25, 0.3) is 11.0 Å². The van der Waals surface area contributed by atoms with Crippen LogP contribution in [-0.4, -0.2) is 22.5 Å². The summed E-state index contributed by atoms with van der Waals surface area (Å²) < 4.78 is 4.84. The summed E-state index contributed by atoms with van der Waals surface area (Å²) in [5, 5.41) is 3.13. The highest BCUT2D eigenvalue weighted by Crippen LogP contribution is 2.16. The van der Waals surface area contributed by atoms with E-state index in [-0.39, 0.29) is 5.97 Å². The van der Waals surface area contributed by atoms with Gasteiger partial charge in [0.15, 0.2) is 0 Å². The summed E-state index contributed by atoms with van der Waals surface area (Å²) >= 11 is 0. The number of carbonyl (C=O) groups is 1. The summed E-state index contributed by atoms with van der Waals surface area (Å²) in [5.74, 6) is -0.342. The normalized spacial score (nSPS) is 11.6. The predicted octanol–water partition coefficient (Wildman–Crippen LogP) is 2.44. The van der Waals surface area contributed by atoms with Crippen LogP contribution in [0.3, 0.4) is 0 Å². The van der Waals surface area contributed by atoms with E-state index in [1.165, 1.54) is 6.08 Å². The molecule has 1 aromatic carbocycles. The molecule has 5 heteroatoms. The average molecular weight is 245 g/mol. The topological polar surface area (TPSA) is 67.0 Å². The fourth-order valence-corrected chi connectivity index (χ4v) is 1.64. The number of carbonyl (C=O) groups excluding carboxylic acids is 1. The molecular formula is C13H15N3O2. The summed E-state index contributed by atoms with van der Waals surface area (Å²) in [6.45, 7) is 3.97. The van der Waals surface area contributed by atoms with Crippen LogP contribution < -0.4 is 5.32 Å². The molecule has 0 fully saturated rings. The number of aromatic amines is 1. The van der Waals surface area contributed by atoms with Crippen molar-refractivity contribution in [3.63, 3.8) is 0 Å². The summed E-state index contributed by atoms with van der Waals surface area (Å²) in [6, 6.07) is 5.75. The molecule has 0 atom stereocenters. The van der Waals surface area contributed by atoms with Gasteiger partial charge in [-0.25, -0.2) is 9.78 Å². The number of hydrogen-bond donors (Lipinski definition) is 2. The van der Waals surface area contributed by atoms with Crippen molar-refractivity contribution in [1.82, 2.24) is 9.97 Å². The maximum Gasteiger partial charge on any atom is 0.332 e. The lowest BCUT2D eigenvalue weighted by Crippen LogP contribution is -2.04. The van der Waals surface area contributed by atoms with E-state index in [0.29, 0.717) is 6.61 Å². The van der Waals surface area contributed by atoms with Gasteiger partial charge in [0.2, 0.25) is 0 Å². The maximum atomic E-state index is 11.3. The van der Waals surface area contributed by atoms with Crippen LogP contribution >= 0.6 is 0 Å². The van der Waals surface area contributed by atoms with Crippen LogP contribution in [0.5, 0.6) is 0 Å². The van der Waals surface area contributed by atoms with Crippen molar-refractivity contribution in [2.24, 2.45) is 0 Å². The number of nitrogens with one attached hydrogen (secondary N) is 2. The molecule has 0 aliphatic carbocycles. The monoisotopic (exact) mass is 245 g/mol. The first-order chi connectivity index (χ1) is 8.69. The van der Waals surface area contributed by atoms with E-state index in [2.05, 4.69) is 15.3 Å². The lowest BCUT2D eigenvalue weighted by molar-refractivity contribution is -0.137. The number of esters is 1. The number of fused-ring (bicyclic) bond motifs is 1. The van der Waals surface area contributed by atoms with Crippen LogP contribution in [0, 0.1) is 0 Å². The van der Waals surface area contributed by atoms with Crippen molar-refractivity contribution in [2.75, 3.05) is 11.9 Å². The first-order valence-electron chi connectivity index (χ1n) is 5.74. The molecular weight excluding hydrogens is 230 g/mol. The summed E-state index contributed by atoms with van der Waals surface area (Å²) in [6.07, 6.45) is 3.08. The Labute approximate surface area is 105 Å². The van der Waals surface area contributed by atoms with E-state index >= 15 is 0 Å². The van der Waals surface area contributed by atoms with Crippen molar-refractivity contribution in [1.29, 1.82) is 0 Å². The van der Waals surface area contributed by atoms with Crippen LogP contribution in [0.4, 0.5) is 5.69 Å². The van der Waals surface area contributed by atoms with Gasteiger partial charge in [0.05, 0.1) is 24.0 Å². The Hall–Kier alpha value is -2.30. The number of aromatic nitrogens is 2. The molecule has 0 saturated heterocycles. The fraction of sp³-hybridized carbons (Fsp3) is 0.231. The Morgan fingerprint density at radius 2 is 2.39 bits per heavy atom. The molecule has 0 spiro atoms. The highest BCUT2D eigenvalue weighted by molar-refractivity contribution is 5.84. The maximum absolute atomic E-state index is 11.3. The van der Waals surface area contributed by atoms with Crippen LogP contribution in [-0.2, 0) is 9.53 Å². The van der Waals surface area contributed by atoms with Crippen molar-refractivity contribution < 1.29 is 9.53 Å². The van der Waals surface area contributed by atoms with Gasteiger partial charge in [0.1, 0.15) is 0 Å². The number of hydrogen-bond acceptors (Lipinski definition) is 4. The molecule has 0 saturated carbocycles. The first kappa shape index (κ1) is 12.2. The smallest absolute Gasteiger partial charge is 0.332 e. The van der Waals surface area contributed by atoms with Crippen molar-refractivity contribution in [3.05, 3.63) is 36.3 Å². The predicted molar refractivity (Wildman–Crippen MR) is 70.1 cm³/mol. The zero-order valence-corrected chi connectivity index (χ0v) is 10.4. The SMILES string of the molecule is CCOC(=O)/C=C(\C)Nc1ccc2nc[nH]c2c1. The van der Waals surface area contributed by atoms with Gasteiger partial charge in [-0.05, 0) is 32.0 Å². The van der Waals surface area contributed by atoms with Gasteiger partial charge in [-0.2, -0.15) is 0 Å². The van der Waals surface area contributed by atoms with Crippen molar-refractivity contribution >= 4 is 22.7 Å². The van der Waals surface area contributed by atoms with E-state index in [1.807, 2.05) is 25.1 Å². The average Bonchev–Trinajstić information content (AvgIpc) is 2.76. The molecule has 1 heterocycles. The number of nitrogens with zero attached hydrogens (tertiary/aromatic N) is 1. The van der Waals surface area contributed by atoms with Crippen LogP contribution in [0.1, 0.15) is 13.8 Å². The molecule has 0 aliphatic rings. The molecule has 18 heavy (non-hydrogen) atoms. The lowest BCUT2D eigenvalue weighted by Gasteiger charge is -2.06. The molecule has 2 aromatic rings. The highest BCUT2D eigenvalue weighted by Gasteiger charge is 2.01. The molecule has 0 aliphatic heterocycles. The Kier molecular flexibility index (Phi) is 3.62. The van der Waals surface area contributed by atoms with E-state index in [9.17, 15) is 4.79 Å². The van der Waals surface area contributed by atoms with E-state index in [4.69, 9.17) is 4.74 Å². The van der Waals surface area contributed by atoms with E-state index in [1.54, 1.807) is 13.3 Å². The minimum Gasteiger partial charge on any atom is -0.463 e. The second-order valence-electron chi connectivity index (χ2n) is 3.84. The summed E-state index contributed by atoms with van der Waals surface area (Å²) in [5.41, 5.74) is 3.48. The number of ether oxygens (including phenoxy) is 1. The first-order valence-corrected chi connectivity index (χ1v) is 5.74. The minimum absolute atomic E-state index is 0.342. The number of imidazole rings is 1. The Morgan fingerprint density at radius 3 is 3.17 bits per heavy atom. The number of rotatable bonds is 4. The fourth-order valence-electron chi connectivity index (χ4n) is 1.64. The zero-order valence-electron chi connectivity index (χ0n) is 10.4. The van der Waals surface area contributed by atoms with Gasteiger partial charge in [-0.3, -0.25) is 0 Å². The van der Waals surface area contributed by atoms with Gasteiger partial charge in [-0.1, -0.05) is 0 Å². The molecule has 5 nitrogen and oxygen atoms in total. The second kappa shape index (κ2) is 5.35. The van der Waals surface area contributed by atoms with Gasteiger partial charge in [0, 0.05) is 17.5 Å². The van der Waals surface area contributed by atoms with E-state index in [0.717, 1.165) is 22.4 Å². The van der Waals surface area contributed by atoms with Gasteiger partial charge < -0.3 is 15.0 Å². The number of allylic oxidation sites excluding steroid dienone is 1. The Balaban J connectivity index is 2.10. The molecule has 0 bridgehead atoms. The van der Waals surface area contributed by atoms with Crippen LogP contribution in [0.2, 0.25) is 0 Å². The minimum atomic E-state index is -0.342. The third-order valence-electron chi connectivity index (χ3n) is 2.38. The summed E-state index contributed by atoms with van der Waals surface area (Å²) in [4.78, 5) is 18.4. The molecule has 0 unspecified atom stereocenters. The highest BCUT2D eigenvalue weighted by atomic mass is 16.5. The summed E-state index contributed by atoms with van der Waals surface area (Å²) in [7, 11) is 0. The van der Waals surface area contributed by atoms with E-state index < -0.39 is 0 Å². The molecule has 2 rings (SSSR count). The Morgan fingerprint density at radius 1 is 1.56 bits per heavy atom. The lowest BCUT2D eigenvalue weighted by atomic mass is 10.2. The number of anilines is 1. The quantitative estimate of drug-likeness (QED) is 0.641. The largest absolute Gasteiger partial charge is 0.463 e. The number of benzene rings is 1. The van der Waals surface area contributed by atoms with Crippen molar-refractivity contribution in [3.8, 4) is 0 Å². The van der Waals surface area contributed by atoms with Gasteiger partial charge in [0.25, 0.3) is 0 Å².